The average Bonchev–Trinajstić information content (AvgIpc) is 2.94. The molecule has 1 unspecified atom stereocenters. The van der Waals surface area contributed by atoms with Gasteiger partial charge in [-0.2, -0.15) is 13.2 Å². The molecule has 1 saturated heterocycles. The first-order valence-electron chi connectivity index (χ1n) is 8.04. The maximum atomic E-state index is 13.1. The van der Waals surface area contributed by atoms with Crippen LogP contribution in [0.25, 0.3) is 0 Å². The summed E-state index contributed by atoms with van der Waals surface area (Å²) in [6.07, 6.45) is -4.41. The van der Waals surface area contributed by atoms with Gasteiger partial charge in [0.15, 0.2) is 9.84 Å². The second kappa shape index (κ2) is 7.16. The van der Waals surface area contributed by atoms with E-state index in [1.165, 1.54) is 36.4 Å². The zero-order valence-corrected chi connectivity index (χ0v) is 15.5. The minimum absolute atomic E-state index is 0.00637. The maximum absolute atomic E-state index is 13.1. The highest BCUT2D eigenvalue weighted by molar-refractivity contribution is 7.91. The van der Waals surface area contributed by atoms with Gasteiger partial charge >= 0.3 is 6.18 Å². The molecule has 2 aromatic carbocycles. The summed E-state index contributed by atoms with van der Waals surface area (Å²) in [7, 11) is -3.35. The normalized spacial score (nSPS) is 19.0. The Balaban J connectivity index is 2.05. The van der Waals surface area contributed by atoms with Crippen LogP contribution in [0.2, 0.25) is 5.02 Å². The van der Waals surface area contributed by atoms with Crippen LogP contribution in [0, 0.1) is 0 Å². The smallest absolute Gasteiger partial charge is 0.304 e. The standard InChI is InChI=1S/C18H15ClF3NO3S/c19-14-6-4-12(5-7-14)17(24)23(16-8-9-27(25,26)11-16)15-3-1-2-13(10-15)18(20,21)22/h1-7,10,16H,8-9,11H2. The summed E-state index contributed by atoms with van der Waals surface area (Å²) < 4.78 is 63.0. The number of carbonyl (C=O) groups excluding carboxylic acids is 1. The minimum atomic E-state index is -4.58. The van der Waals surface area contributed by atoms with E-state index in [0.29, 0.717) is 5.02 Å². The summed E-state index contributed by atoms with van der Waals surface area (Å²) in [4.78, 5) is 14.2. The third-order valence-corrected chi connectivity index (χ3v) is 6.34. The number of halogens is 4. The van der Waals surface area contributed by atoms with Crippen LogP contribution in [0.3, 0.4) is 0 Å². The largest absolute Gasteiger partial charge is 0.416 e. The van der Waals surface area contributed by atoms with Gasteiger partial charge in [0.1, 0.15) is 0 Å². The zero-order chi connectivity index (χ0) is 19.8. The zero-order valence-electron chi connectivity index (χ0n) is 13.9. The van der Waals surface area contributed by atoms with Crippen molar-refractivity contribution in [3.8, 4) is 0 Å². The topological polar surface area (TPSA) is 54.5 Å². The van der Waals surface area contributed by atoms with Gasteiger partial charge in [-0.1, -0.05) is 17.7 Å². The SMILES string of the molecule is O=C(c1ccc(Cl)cc1)N(c1cccc(C(F)(F)F)c1)C1CCS(=O)(=O)C1. The first-order chi connectivity index (χ1) is 12.6. The van der Waals surface area contributed by atoms with Gasteiger partial charge in [0.05, 0.1) is 23.1 Å². The molecule has 1 fully saturated rings. The van der Waals surface area contributed by atoms with Crippen molar-refractivity contribution < 1.29 is 26.4 Å². The van der Waals surface area contributed by atoms with E-state index >= 15 is 0 Å². The molecule has 144 valence electrons. The van der Waals surface area contributed by atoms with Crippen LogP contribution < -0.4 is 4.90 Å². The molecule has 27 heavy (non-hydrogen) atoms. The number of nitrogens with zero attached hydrogens (tertiary/aromatic N) is 1. The molecule has 3 rings (SSSR count). The van der Waals surface area contributed by atoms with Crippen molar-refractivity contribution in [2.24, 2.45) is 0 Å². The number of benzene rings is 2. The number of rotatable bonds is 3. The fourth-order valence-corrected chi connectivity index (χ4v) is 4.86. The van der Waals surface area contributed by atoms with Crippen LogP contribution in [-0.2, 0) is 16.0 Å². The lowest BCUT2D eigenvalue weighted by molar-refractivity contribution is -0.137. The predicted molar refractivity (Wildman–Crippen MR) is 96.8 cm³/mol. The van der Waals surface area contributed by atoms with Crippen LogP contribution in [0.4, 0.5) is 18.9 Å². The molecule has 0 radical (unpaired) electrons. The van der Waals surface area contributed by atoms with Crippen molar-refractivity contribution >= 4 is 33.0 Å². The van der Waals surface area contributed by atoms with E-state index in [1.807, 2.05) is 0 Å². The highest BCUT2D eigenvalue weighted by Gasteiger charge is 2.37. The molecule has 0 saturated carbocycles. The lowest BCUT2D eigenvalue weighted by Gasteiger charge is -2.29. The van der Waals surface area contributed by atoms with Crippen molar-refractivity contribution in [1.82, 2.24) is 0 Å². The summed E-state index contributed by atoms with van der Waals surface area (Å²) in [5.74, 6) is -0.975. The summed E-state index contributed by atoms with van der Waals surface area (Å²) >= 11 is 5.82. The maximum Gasteiger partial charge on any atom is 0.416 e. The minimum Gasteiger partial charge on any atom is -0.304 e. The highest BCUT2D eigenvalue weighted by Crippen LogP contribution is 2.34. The lowest BCUT2D eigenvalue weighted by Crippen LogP contribution is -2.41. The molecule has 2 aromatic rings. The van der Waals surface area contributed by atoms with Gasteiger partial charge in [-0.25, -0.2) is 8.42 Å². The number of amides is 1. The number of hydrogen-bond acceptors (Lipinski definition) is 3. The van der Waals surface area contributed by atoms with E-state index in [-0.39, 0.29) is 29.2 Å². The molecule has 1 amide bonds. The van der Waals surface area contributed by atoms with Gasteiger partial charge < -0.3 is 4.90 Å². The molecule has 4 nitrogen and oxygen atoms in total. The first kappa shape index (κ1) is 19.7. The second-order valence-corrected chi connectivity index (χ2v) is 8.95. The Bertz CT molecular complexity index is 959. The van der Waals surface area contributed by atoms with Crippen molar-refractivity contribution in [2.45, 2.75) is 18.6 Å². The summed E-state index contributed by atoms with van der Waals surface area (Å²) in [5, 5.41) is 0.403. The lowest BCUT2D eigenvalue weighted by atomic mass is 10.1. The Kier molecular flexibility index (Phi) is 5.22. The molecule has 9 heteroatoms. The van der Waals surface area contributed by atoms with Crippen LogP contribution in [0.1, 0.15) is 22.3 Å². The van der Waals surface area contributed by atoms with Crippen molar-refractivity contribution in [3.63, 3.8) is 0 Å². The van der Waals surface area contributed by atoms with Crippen LogP contribution in [0.15, 0.2) is 48.5 Å². The van der Waals surface area contributed by atoms with Gasteiger partial charge in [0.25, 0.3) is 5.91 Å². The van der Waals surface area contributed by atoms with Gasteiger partial charge in [-0.15, -0.1) is 0 Å². The van der Waals surface area contributed by atoms with Crippen molar-refractivity contribution in [1.29, 1.82) is 0 Å². The quantitative estimate of drug-likeness (QED) is 0.752. The molecule has 1 aliphatic heterocycles. The Labute approximate surface area is 159 Å². The van der Waals surface area contributed by atoms with Gasteiger partial charge in [-0.05, 0) is 48.9 Å². The Morgan fingerprint density at radius 1 is 1.11 bits per heavy atom. The van der Waals surface area contributed by atoms with Crippen molar-refractivity contribution in [2.75, 3.05) is 16.4 Å². The van der Waals surface area contributed by atoms with Crippen LogP contribution in [-0.4, -0.2) is 31.9 Å². The third kappa shape index (κ3) is 4.44. The van der Waals surface area contributed by atoms with E-state index in [2.05, 4.69) is 0 Å². The van der Waals surface area contributed by atoms with Crippen LogP contribution >= 0.6 is 11.6 Å². The van der Waals surface area contributed by atoms with Gasteiger partial charge in [0.2, 0.25) is 0 Å². The number of hydrogen-bond donors (Lipinski definition) is 0. The molecule has 0 N–H and O–H groups in total. The number of anilines is 1. The summed E-state index contributed by atoms with van der Waals surface area (Å²) in [6, 6.07) is 9.48. The molecular formula is C18H15ClF3NO3S. The van der Waals surface area contributed by atoms with E-state index in [4.69, 9.17) is 11.6 Å². The molecule has 0 aromatic heterocycles. The fourth-order valence-electron chi connectivity index (χ4n) is 3.04. The van der Waals surface area contributed by atoms with Gasteiger partial charge in [-0.3, -0.25) is 4.79 Å². The number of alkyl halides is 3. The predicted octanol–water partition coefficient (Wildman–Crippen LogP) is 4.19. The molecule has 0 bridgehead atoms. The summed E-state index contributed by atoms with van der Waals surface area (Å²) in [6.45, 7) is 0. The fraction of sp³-hybridized carbons (Fsp3) is 0.278. The van der Waals surface area contributed by atoms with Crippen LogP contribution in [0.5, 0.6) is 0 Å². The second-order valence-electron chi connectivity index (χ2n) is 6.29. The molecule has 1 aliphatic rings. The van der Waals surface area contributed by atoms with E-state index in [0.717, 1.165) is 17.0 Å². The number of carbonyl (C=O) groups is 1. The summed E-state index contributed by atoms with van der Waals surface area (Å²) in [5.41, 5.74) is -0.692. The van der Waals surface area contributed by atoms with E-state index in [1.54, 1.807) is 0 Å². The first-order valence-corrected chi connectivity index (χ1v) is 10.2. The highest BCUT2D eigenvalue weighted by atomic mass is 35.5. The number of sulfone groups is 1. The Morgan fingerprint density at radius 3 is 2.33 bits per heavy atom. The molecule has 0 aliphatic carbocycles. The Hall–Kier alpha value is -2.06. The third-order valence-electron chi connectivity index (χ3n) is 4.34. The Morgan fingerprint density at radius 2 is 1.78 bits per heavy atom. The molecular weight excluding hydrogens is 403 g/mol. The van der Waals surface area contributed by atoms with E-state index < -0.39 is 33.5 Å². The monoisotopic (exact) mass is 417 g/mol. The van der Waals surface area contributed by atoms with E-state index in [9.17, 15) is 26.4 Å². The van der Waals surface area contributed by atoms with Gasteiger partial charge in [0, 0.05) is 16.3 Å². The molecule has 1 atom stereocenters. The van der Waals surface area contributed by atoms with Crippen molar-refractivity contribution in [3.05, 3.63) is 64.7 Å². The molecule has 1 heterocycles. The molecule has 0 spiro atoms. The average molecular weight is 418 g/mol.